The van der Waals surface area contributed by atoms with E-state index in [0.29, 0.717) is 29.9 Å². The summed E-state index contributed by atoms with van der Waals surface area (Å²) in [6.07, 6.45) is 13.2. The van der Waals surface area contributed by atoms with Crippen molar-refractivity contribution in [1.82, 2.24) is 21.6 Å². The Labute approximate surface area is 321 Å². The third-order valence-electron chi connectivity index (χ3n) is 8.45. The van der Waals surface area contributed by atoms with Crippen LogP contribution in [-0.2, 0) is 0 Å². The Morgan fingerprint density at radius 2 is 0.891 bits per heavy atom. The van der Waals surface area contributed by atoms with Crippen LogP contribution in [0.2, 0.25) is 0 Å². The summed E-state index contributed by atoms with van der Waals surface area (Å²) in [6, 6.07) is 27.2. The second-order valence-electron chi connectivity index (χ2n) is 12.6. The van der Waals surface area contributed by atoms with E-state index in [1.165, 1.54) is 62.6 Å². The van der Waals surface area contributed by atoms with E-state index in [1.807, 2.05) is 48.5 Å². The van der Waals surface area contributed by atoms with Gasteiger partial charge in [-0.05, 0) is 96.8 Å². The van der Waals surface area contributed by atoms with Crippen LogP contribution in [0.1, 0.15) is 110 Å². The molecule has 0 bridgehead atoms. The van der Waals surface area contributed by atoms with Crippen LogP contribution < -0.4 is 31.1 Å². The molecule has 0 aliphatic carbocycles. The molecule has 0 aromatic heterocycles. The molecular weight excluding hydrogens is 700 g/mol. The molecule has 0 radical (unpaired) electrons. The highest BCUT2D eigenvalue weighted by Crippen LogP contribution is 2.16. The number of benzene rings is 4. The Morgan fingerprint density at radius 3 is 1.27 bits per heavy atom. The van der Waals surface area contributed by atoms with Gasteiger partial charge in [0.15, 0.2) is 0 Å². The highest BCUT2D eigenvalue weighted by Gasteiger charge is 2.09. The van der Waals surface area contributed by atoms with Crippen molar-refractivity contribution in [3.05, 3.63) is 130 Å². The van der Waals surface area contributed by atoms with Gasteiger partial charge < -0.3 is 14.8 Å². The fourth-order valence-electron chi connectivity index (χ4n) is 5.41. The first kappa shape index (κ1) is 41.4. The molecule has 4 rings (SSSR count). The molecule has 4 aromatic rings. The van der Waals surface area contributed by atoms with Crippen LogP contribution in [0.15, 0.2) is 107 Å². The molecule has 0 spiro atoms. The van der Waals surface area contributed by atoms with E-state index < -0.39 is 11.8 Å². The van der Waals surface area contributed by atoms with Gasteiger partial charge in [0, 0.05) is 29.3 Å². The van der Waals surface area contributed by atoms with Crippen LogP contribution >= 0.6 is 0 Å². The van der Waals surface area contributed by atoms with Crippen LogP contribution in [0.4, 0.5) is 0 Å². The van der Waals surface area contributed by atoms with E-state index in [0.717, 1.165) is 48.3 Å². The summed E-state index contributed by atoms with van der Waals surface area (Å²) < 4.78 is 11.8. The normalized spacial score (nSPS) is 10.9. The van der Waals surface area contributed by atoms with Crippen molar-refractivity contribution in [1.29, 1.82) is 0 Å². The largest absolute Gasteiger partial charge is 0.494 e. The molecule has 13 heteroatoms. The maximum absolute atomic E-state index is 12.4. The molecule has 0 aliphatic rings. The number of rotatable bonds is 22. The minimum atomic E-state index is -0.656. The summed E-state index contributed by atoms with van der Waals surface area (Å²) in [5.41, 5.74) is 9.53. The molecule has 55 heavy (non-hydrogen) atoms. The van der Waals surface area contributed by atoms with Crippen LogP contribution in [0.3, 0.4) is 0 Å². The van der Waals surface area contributed by atoms with Gasteiger partial charge in [0.1, 0.15) is 11.5 Å². The molecule has 13 nitrogen and oxygen atoms in total. The van der Waals surface area contributed by atoms with Gasteiger partial charge in [0.2, 0.25) is 0 Å². The van der Waals surface area contributed by atoms with Gasteiger partial charge in [0.25, 0.3) is 23.6 Å². The second kappa shape index (κ2) is 23.4. The standard InChI is InChI=1S/C42H48N6O7/c1-43-39(49)33-17-19-34(20-18-33)40(50)46-44-29-31-13-11-15-37(27-31)54-25-9-7-5-3-2-4-6-8-10-26-55-38-16-12-14-32(28-38)30-45-47-41(51)35-21-23-36(24-22-35)42(52)48-53/h11-24,27-30,53H,2-10,25-26H2,1H3,(H,43,49)(H,46,50)(H,47,51)(H,48,52)/b44-29+,45-30+. The molecule has 4 aromatic carbocycles. The molecule has 0 saturated heterocycles. The van der Waals surface area contributed by atoms with Crippen molar-refractivity contribution in [2.45, 2.75) is 57.8 Å². The maximum atomic E-state index is 12.4. The first-order valence-electron chi connectivity index (χ1n) is 18.4. The number of amides is 4. The van der Waals surface area contributed by atoms with Crippen LogP contribution in [0, 0.1) is 0 Å². The molecule has 0 heterocycles. The van der Waals surface area contributed by atoms with E-state index in [9.17, 15) is 19.2 Å². The number of hydrogen-bond donors (Lipinski definition) is 5. The van der Waals surface area contributed by atoms with E-state index in [2.05, 4.69) is 26.4 Å². The summed E-state index contributed by atoms with van der Waals surface area (Å²) in [5.74, 6) is -0.170. The van der Waals surface area contributed by atoms with Crippen molar-refractivity contribution in [2.24, 2.45) is 10.2 Å². The van der Waals surface area contributed by atoms with Crippen LogP contribution in [0.25, 0.3) is 0 Å². The maximum Gasteiger partial charge on any atom is 0.274 e. The van der Waals surface area contributed by atoms with Gasteiger partial charge in [-0.3, -0.25) is 24.4 Å². The Morgan fingerprint density at radius 1 is 0.527 bits per heavy atom. The molecule has 0 saturated carbocycles. The number of nitrogens with zero attached hydrogens (tertiary/aromatic N) is 2. The summed E-state index contributed by atoms with van der Waals surface area (Å²) in [7, 11) is 1.55. The molecule has 0 unspecified atom stereocenters. The zero-order valence-corrected chi connectivity index (χ0v) is 31.0. The Hall–Kier alpha value is -6.34. The molecular formula is C42H48N6O7. The predicted octanol–water partition coefficient (Wildman–Crippen LogP) is 6.66. The zero-order chi connectivity index (χ0) is 39.1. The third-order valence-corrected chi connectivity index (χ3v) is 8.45. The Balaban J connectivity index is 0.993. The highest BCUT2D eigenvalue weighted by atomic mass is 16.5. The van der Waals surface area contributed by atoms with E-state index in [4.69, 9.17) is 14.7 Å². The van der Waals surface area contributed by atoms with Gasteiger partial charge in [-0.2, -0.15) is 10.2 Å². The molecule has 4 amide bonds. The highest BCUT2D eigenvalue weighted by molar-refractivity contribution is 5.99. The molecule has 0 aliphatic heterocycles. The van der Waals surface area contributed by atoms with Gasteiger partial charge in [-0.25, -0.2) is 16.3 Å². The first-order chi connectivity index (χ1) is 26.9. The van der Waals surface area contributed by atoms with Crippen LogP contribution in [0.5, 0.6) is 11.5 Å². The van der Waals surface area contributed by atoms with Crippen molar-refractivity contribution >= 4 is 36.1 Å². The Bertz CT molecular complexity index is 1760. The SMILES string of the molecule is CNC(=O)c1ccc(C(=O)N/N=C/c2cccc(OCCCCCCCCCCCOc3cccc(/C=N/NC(=O)c4ccc(C(=O)NO)cc4)c3)c2)cc1. The molecule has 0 fully saturated rings. The predicted molar refractivity (Wildman–Crippen MR) is 211 cm³/mol. The number of carbonyl (C=O) groups excluding carboxylic acids is 4. The van der Waals surface area contributed by atoms with Crippen molar-refractivity contribution in [2.75, 3.05) is 20.3 Å². The van der Waals surface area contributed by atoms with Crippen molar-refractivity contribution in [3.8, 4) is 11.5 Å². The summed E-state index contributed by atoms with van der Waals surface area (Å²) in [4.78, 5) is 47.7. The topological polar surface area (TPSA) is 180 Å². The zero-order valence-electron chi connectivity index (χ0n) is 31.0. The monoisotopic (exact) mass is 748 g/mol. The minimum absolute atomic E-state index is 0.214. The summed E-state index contributed by atoms with van der Waals surface area (Å²) in [5, 5.41) is 19.3. The number of nitrogens with one attached hydrogen (secondary N) is 4. The number of carbonyl (C=O) groups is 4. The van der Waals surface area contributed by atoms with Crippen molar-refractivity contribution in [3.63, 3.8) is 0 Å². The lowest BCUT2D eigenvalue weighted by molar-refractivity contribution is 0.0705. The minimum Gasteiger partial charge on any atom is -0.494 e. The van der Waals surface area contributed by atoms with Gasteiger partial charge in [-0.15, -0.1) is 0 Å². The summed E-state index contributed by atoms with van der Waals surface area (Å²) in [6.45, 7) is 1.27. The van der Waals surface area contributed by atoms with E-state index in [-0.39, 0.29) is 17.4 Å². The molecule has 288 valence electrons. The van der Waals surface area contributed by atoms with Gasteiger partial charge in [0.05, 0.1) is 25.6 Å². The van der Waals surface area contributed by atoms with E-state index in [1.54, 1.807) is 43.0 Å². The Kier molecular flexibility index (Phi) is 17.6. The number of hydrazone groups is 2. The summed E-state index contributed by atoms with van der Waals surface area (Å²) >= 11 is 0. The van der Waals surface area contributed by atoms with E-state index >= 15 is 0 Å². The van der Waals surface area contributed by atoms with Gasteiger partial charge in [-0.1, -0.05) is 69.2 Å². The average Bonchev–Trinajstić information content (AvgIpc) is 3.22. The molecule has 0 atom stereocenters. The second-order valence-corrected chi connectivity index (χ2v) is 12.6. The number of unbranched alkanes of at least 4 members (excludes halogenated alkanes) is 8. The van der Waals surface area contributed by atoms with Crippen molar-refractivity contribution < 1.29 is 33.9 Å². The molecule has 5 N–H and O–H groups in total. The van der Waals surface area contributed by atoms with Gasteiger partial charge >= 0.3 is 0 Å². The smallest absolute Gasteiger partial charge is 0.274 e. The quantitative estimate of drug-likeness (QED) is 0.0258. The average molecular weight is 749 g/mol. The third kappa shape index (κ3) is 14.9. The van der Waals surface area contributed by atoms with Crippen LogP contribution in [-0.4, -0.2) is 61.5 Å². The fraction of sp³-hybridized carbons (Fsp3) is 0.286. The number of hydroxylamine groups is 1. The lowest BCUT2D eigenvalue weighted by atomic mass is 10.1. The lowest BCUT2D eigenvalue weighted by Crippen LogP contribution is -2.20. The first-order valence-corrected chi connectivity index (χ1v) is 18.4. The number of ether oxygens (including phenoxy) is 2. The fourth-order valence-corrected chi connectivity index (χ4v) is 5.41. The lowest BCUT2D eigenvalue weighted by Gasteiger charge is -2.08. The number of hydrogen-bond acceptors (Lipinski definition) is 9.